The summed E-state index contributed by atoms with van der Waals surface area (Å²) in [5.74, 6) is 1.27. The van der Waals surface area contributed by atoms with E-state index in [1.54, 1.807) is 14.2 Å². The monoisotopic (exact) mass is 379 g/mol. The first-order chi connectivity index (χ1) is 8.42. The largest absolute Gasteiger partial charge is 1.00 e. The van der Waals surface area contributed by atoms with Crippen LogP contribution >= 0.6 is 0 Å². The van der Waals surface area contributed by atoms with Crippen molar-refractivity contribution in [3.63, 3.8) is 0 Å². The summed E-state index contributed by atoms with van der Waals surface area (Å²) in [5.41, 5.74) is 2.15. The molecule has 1 aliphatic rings. The summed E-state index contributed by atoms with van der Waals surface area (Å²) in [6.45, 7) is 3.20. The minimum atomic E-state index is 0. The molecule has 0 spiro atoms. The number of halogens is 1. The summed E-state index contributed by atoms with van der Waals surface area (Å²) in [4.78, 5) is 0. The van der Waals surface area contributed by atoms with Gasteiger partial charge in [0.25, 0.3) is 0 Å². The molecule has 0 amide bonds. The Kier molecular flexibility index (Phi) is 4.95. The molecule has 4 nitrogen and oxygen atoms in total. The minimum Gasteiger partial charge on any atom is -1.00 e. The first kappa shape index (κ1) is 16.4. The lowest BCUT2D eigenvalue weighted by Crippen LogP contribution is -3.00. The van der Waals surface area contributed by atoms with E-state index in [1.807, 2.05) is 6.07 Å². The van der Waals surface area contributed by atoms with Gasteiger partial charge in [-0.05, 0) is 18.6 Å². The molecule has 1 aromatic carbocycles. The molecule has 1 N–H and O–H groups in total. The molecule has 5 heteroatoms. The first-order valence-electron chi connectivity index (χ1n) is 6.21. The third-order valence-electron chi connectivity index (χ3n) is 4.19. The zero-order valence-corrected chi connectivity index (χ0v) is 14.3. The second-order valence-electron chi connectivity index (χ2n) is 5.46. The SMILES string of the molecule is COc1cc2c(c(O)c1OC)[C@H](C)[N+](C)(C)CC2.[I-]. The number of hydrogen-bond donors (Lipinski definition) is 1. The third kappa shape index (κ3) is 2.63. The highest BCUT2D eigenvalue weighted by atomic mass is 127. The van der Waals surface area contributed by atoms with Gasteiger partial charge in [-0.1, -0.05) is 0 Å². The average molecular weight is 379 g/mol. The highest BCUT2D eigenvalue weighted by Crippen LogP contribution is 2.47. The Morgan fingerprint density at radius 3 is 2.42 bits per heavy atom. The molecular formula is C14H22INO3. The molecule has 1 aliphatic heterocycles. The van der Waals surface area contributed by atoms with E-state index in [4.69, 9.17) is 9.47 Å². The van der Waals surface area contributed by atoms with Crippen LogP contribution in [0.4, 0.5) is 0 Å². The summed E-state index contributed by atoms with van der Waals surface area (Å²) in [5, 5.41) is 10.4. The topological polar surface area (TPSA) is 38.7 Å². The second kappa shape index (κ2) is 5.75. The van der Waals surface area contributed by atoms with E-state index in [-0.39, 0.29) is 35.8 Å². The van der Waals surface area contributed by atoms with Gasteiger partial charge in [-0.2, -0.15) is 0 Å². The van der Waals surface area contributed by atoms with E-state index in [0.717, 1.165) is 28.6 Å². The summed E-state index contributed by atoms with van der Waals surface area (Å²) >= 11 is 0. The number of nitrogens with zero attached hydrogens (tertiary/aromatic N) is 1. The van der Waals surface area contributed by atoms with Crippen LogP contribution in [-0.2, 0) is 6.42 Å². The summed E-state index contributed by atoms with van der Waals surface area (Å²) in [7, 11) is 7.51. The highest BCUT2D eigenvalue weighted by Gasteiger charge is 2.36. The van der Waals surface area contributed by atoms with Crippen LogP contribution in [0.2, 0.25) is 0 Å². The van der Waals surface area contributed by atoms with Crippen molar-refractivity contribution in [3.8, 4) is 17.2 Å². The van der Waals surface area contributed by atoms with Crippen LogP contribution in [-0.4, -0.2) is 44.4 Å². The fourth-order valence-corrected chi connectivity index (χ4v) is 2.67. The quantitative estimate of drug-likeness (QED) is 0.535. The van der Waals surface area contributed by atoms with E-state index < -0.39 is 0 Å². The molecule has 0 aromatic heterocycles. The predicted molar refractivity (Wildman–Crippen MR) is 70.3 cm³/mol. The Labute approximate surface area is 131 Å². The van der Waals surface area contributed by atoms with Crippen molar-refractivity contribution >= 4 is 0 Å². The smallest absolute Gasteiger partial charge is 0.203 e. The van der Waals surface area contributed by atoms with Crippen LogP contribution in [0.1, 0.15) is 24.1 Å². The van der Waals surface area contributed by atoms with Crippen molar-refractivity contribution in [1.82, 2.24) is 0 Å². The minimum absolute atomic E-state index is 0. The van der Waals surface area contributed by atoms with Gasteiger partial charge in [-0.25, -0.2) is 0 Å². The predicted octanol–water partition coefficient (Wildman–Crippen LogP) is -0.893. The average Bonchev–Trinajstić information content (AvgIpc) is 2.33. The first-order valence-corrected chi connectivity index (χ1v) is 6.21. The molecule has 108 valence electrons. The summed E-state index contributed by atoms with van der Waals surface area (Å²) in [6.07, 6.45) is 0.945. The molecule has 1 atom stereocenters. The van der Waals surface area contributed by atoms with Gasteiger partial charge in [0, 0.05) is 6.42 Å². The van der Waals surface area contributed by atoms with Crippen LogP contribution in [0.3, 0.4) is 0 Å². The van der Waals surface area contributed by atoms with E-state index in [1.165, 1.54) is 0 Å². The Bertz CT molecular complexity index is 474. The Hall–Kier alpha value is -0.690. The lowest BCUT2D eigenvalue weighted by molar-refractivity contribution is -0.921. The number of phenols is 1. The van der Waals surface area contributed by atoms with Gasteiger partial charge >= 0.3 is 0 Å². The normalized spacial score (nSPS) is 20.2. The zero-order valence-electron chi connectivity index (χ0n) is 12.2. The maximum absolute atomic E-state index is 10.4. The van der Waals surface area contributed by atoms with Crippen LogP contribution in [0.25, 0.3) is 0 Å². The van der Waals surface area contributed by atoms with Crippen LogP contribution in [0.15, 0.2) is 6.07 Å². The Morgan fingerprint density at radius 1 is 1.26 bits per heavy atom. The second-order valence-corrected chi connectivity index (χ2v) is 5.46. The van der Waals surface area contributed by atoms with Gasteiger partial charge in [-0.3, -0.25) is 0 Å². The highest BCUT2D eigenvalue weighted by molar-refractivity contribution is 5.59. The van der Waals surface area contributed by atoms with E-state index in [9.17, 15) is 5.11 Å². The number of methoxy groups -OCH3 is 2. The number of fused-ring (bicyclic) bond motifs is 1. The molecule has 2 rings (SSSR count). The molecule has 0 bridgehead atoms. The number of likely N-dealkylation sites (N-methyl/N-ethyl adjacent to an activating group) is 1. The number of phenolic OH excluding ortho intramolecular Hbond substituents is 1. The molecule has 1 aromatic rings. The third-order valence-corrected chi connectivity index (χ3v) is 4.19. The van der Waals surface area contributed by atoms with Gasteiger partial charge in [0.1, 0.15) is 6.04 Å². The van der Waals surface area contributed by atoms with Crippen LogP contribution < -0.4 is 33.5 Å². The molecule has 0 saturated carbocycles. The maximum Gasteiger partial charge on any atom is 0.203 e. The number of quaternary nitrogens is 1. The number of ether oxygens (including phenoxy) is 2. The number of aromatic hydroxyl groups is 1. The van der Waals surface area contributed by atoms with Gasteiger partial charge in [0.2, 0.25) is 5.75 Å². The van der Waals surface area contributed by atoms with Crippen LogP contribution in [0.5, 0.6) is 17.2 Å². The maximum atomic E-state index is 10.4. The fraction of sp³-hybridized carbons (Fsp3) is 0.571. The lowest BCUT2D eigenvalue weighted by atomic mass is 9.90. The molecule has 19 heavy (non-hydrogen) atoms. The Balaban J connectivity index is 0.00000180. The summed E-state index contributed by atoms with van der Waals surface area (Å²) < 4.78 is 11.4. The van der Waals surface area contributed by atoms with Crippen molar-refractivity contribution in [2.45, 2.75) is 19.4 Å². The van der Waals surface area contributed by atoms with Gasteiger partial charge < -0.3 is 43.0 Å². The fourth-order valence-electron chi connectivity index (χ4n) is 2.67. The standard InChI is InChI=1S/C14H21NO3.HI/c1-9-12-10(6-7-15(9,2)3)8-11(17-4)14(18-5)13(12)16;/h8-9H,6-7H2,1-5H3;1H/t9-;/m0./s1. The number of rotatable bonds is 2. The molecule has 0 radical (unpaired) electrons. The van der Waals surface area contributed by atoms with Crippen molar-refractivity contribution < 1.29 is 43.0 Å². The molecule has 1 heterocycles. The lowest BCUT2D eigenvalue weighted by Gasteiger charge is -2.41. The number of benzene rings is 1. The van der Waals surface area contributed by atoms with Crippen molar-refractivity contribution in [2.24, 2.45) is 0 Å². The van der Waals surface area contributed by atoms with E-state index in [2.05, 4.69) is 21.0 Å². The van der Waals surface area contributed by atoms with E-state index >= 15 is 0 Å². The molecule has 0 fully saturated rings. The number of hydrogen-bond acceptors (Lipinski definition) is 3. The zero-order chi connectivity index (χ0) is 13.5. The van der Waals surface area contributed by atoms with Gasteiger partial charge in [-0.15, -0.1) is 0 Å². The molecule has 0 saturated heterocycles. The van der Waals surface area contributed by atoms with Crippen molar-refractivity contribution in [2.75, 3.05) is 34.9 Å². The Morgan fingerprint density at radius 2 is 1.89 bits per heavy atom. The van der Waals surface area contributed by atoms with Crippen molar-refractivity contribution in [3.05, 3.63) is 17.2 Å². The van der Waals surface area contributed by atoms with Crippen molar-refractivity contribution in [1.29, 1.82) is 0 Å². The van der Waals surface area contributed by atoms with E-state index in [0.29, 0.717) is 11.5 Å². The molecule has 0 unspecified atom stereocenters. The molecule has 0 aliphatic carbocycles. The summed E-state index contributed by atoms with van der Waals surface area (Å²) in [6, 6.07) is 2.23. The van der Waals surface area contributed by atoms with Gasteiger partial charge in [0.15, 0.2) is 11.5 Å². The molecular weight excluding hydrogens is 357 g/mol. The van der Waals surface area contributed by atoms with Gasteiger partial charge in [0.05, 0.1) is 40.4 Å². The van der Waals surface area contributed by atoms with Crippen LogP contribution in [0, 0.1) is 0 Å².